The predicted octanol–water partition coefficient (Wildman–Crippen LogP) is 3.20. The van der Waals surface area contributed by atoms with Gasteiger partial charge in [-0.05, 0) is 18.9 Å². The largest absolute Gasteiger partial charge is 0.481 e. The first-order valence-electron chi connectivity index (χ1n) is 5.11. The van der Waals surface area contributed by atoms with Crippen molar-refractivity contribution in [3.8, 4) is 0 Å². The van der Waals surface area contributed by atoms with Crippen molar-refractivity contribution in [1.29, 1.82) is 0 Å². The van der Waals surface area contributed by atoms with Gasteiger partial charge in [-0.25, -0.2) is 0 Å². The van der Waals surface area contributed by atoms with Crippen LogP contribution in [0.4, 0.5) is 0 Å². The van der Waals surface area contributed by atoms with Crippen LogP contribution < -0.4 is 0 Å². The van der Waals surface area contributed by atoms with Crippen LogP contribution in [0.3, 0.4) is 0 Å². The van der Waals surface area contributed by atoms with Crippen LogP contribution in [0.1, 0.15) is 25.8 Å². The molecule has 1 atom stereocenters. The number of carboxylic acid groups (broad SMARTS) is 1. The number of hydrogen-bond acceptors (Lipinski definition) is 1. The minimum atomic E-state index is -0.748. The monoisotopic (exact) mass is 204 g/mol. The molecule has 0 radical (unpaired) electrons. The number of hydrogen-bond donors (Lipinski definition) is 1. The topological polar surface area (TPSA) is 37.3 Å². The SMILES string of the molecule is CCC(C(=O)O)/C(C)=C/c1ccccc1. The van der Waals surface area contributed by atoms with E-state index in [2.05, 4.69) is 0 Å². The van der Waals surface area contributed by atoms with Gasteiger partial charge in [-0.1, -0.05) is 48.9 Å². The van der Waals surface area contributed by atoms with Crippen LogP contribution in [0, 0.1) is 5.92 Å². The minimum absolute atomic E-state index is 0.370. The molecule has 0 heterocycles. The summed E-state index contributed by atoms with van der Waals surface area (Å²) >= 11 is 0. The molecule has 15 heavy (non-hydrogen) atoms. The molecule has 0 fully saturated rings. The Labute approximate surface area is 90.3 Å². The molecular formula is C13H16O2. The summed E-state index contributed by atoms with van der Waals surface area (Å²) in [4.78, 5) is 10.9. The molecule has 80 valence electrons. The Morgan fingerprint density at radius 1 is 1.40 bits per heavy atom. The van der Waals surface area contributed by atoms with Crippen molar-refractivity contribution in [2.45, 2.75) is 20.3 Å². The van der Waals surface area contributed by atoms with Crippen LogP contribution >= 0.6 is 0 Å². The highest BCUT2D eigenvalue weighted by Gasteiger charge is 2.16. The van der Waals surface area contributed by atoms with E-state index in [9.17, 15) is 4.79 Å². The lowest BCUT2D eigenvalue weighted by atomic mass is 9.96. The summed E-state index contributed by atoms with van der Waals surface area (Å²) in [7, 11) is 0. The van der Waals surface area contributed by atoms with Crippen molar-refractivity contribution in [2.24, 2.45) is 5.92 Å². The maximum Gasteiger partial charge on any atom is 0.310 e. The second-order valence-electron chi connectivity index (χ2n) is 3.60. The van der Waals surface area contributed by atoms with Gasteiger partial charge in [0, 0.05) is 0 Å². The molecule has 0 saturated heterocycles. The van der Waals surface area contributed by atoms with Crippen LogP contribution in [-0.4, -0.2) is 11.1 Å². The van der Waals surface area contributed by atoms with Gasteiger partial charge in [0.25, 0.3) is 0 Å². The Hall–Kier alpha value is -1.57. The van der Waals surface area contributed by atoms with E-state index in [1.54, 1.807) is 0 Å². The molecule has 0 amide bonds. The average Bonchev–Trinajstić information content (AvgIpc) is 2.19. The van der Waals surface area contributed by atoms with Crippen molar-refractivity contribution in [3.05, 3.63) is 41.5 Å². The van der Waals surface area contributed by atoms with Crippen molar-refractivity contribution < 1.29 is 9.90 Å². The maximum atomic E-state index is 10.9. The predicted molar refractivity (Wildman–Crippen MR) is 61.5 cm³/mol. The standard InChI is InChI=1S/C13H16O2/c1-3-12(13(14)15)10(2)9-11-7-5-4-6-8-11/h4-9,12H,3H2,1-2H3,(H,14,15)/b10-9+. The summed E-state index contributed by atoms with van der Waals surface area (Å²) in [6.45, 7) is 3.76. The van der Waals surface area contributed by atoms with Gasteiger partial charge in [0.05, 0.1) is 5.92 Å². The van der Waals surface area contributed by atoms with Gasteiger partial charge >= 0.3 is 5.97 Å². The Morgan fingerprint density at radius 3 is 2.47 bits per heavy atom. The lowest BCUT2D eigenvalue weighted by Crippen LogP contribution is -2.13. The molecule has 0 aliphatic rings. The Morgan fingerprint density at radius 2 is 2.00 bits per heavy atom. The first-order chi connectivity index (χ1) is 7.15. The smallest absolute Gasteiger partial charge is 0.310 e. The second-order valence-corrected chi connectivity index (χ2v) is 3.60. The van der Waals surface area contributed by atoms with Crippen LogP contribution in [0.5, 0.6) is 0 Å². The molecule has 1 aromatic carbocycles. The van der Waals surface area contributed by atoms with E-state index in [-0.39, 0.29) is 5.92 Å². The fourth-order valence-corrected chi connectivity index (χ4v) is 1.60. The lowest BCUT2D eigenvalue weighted by Gasteiger charge is -2.10. The van der Waals surface area contributed by atoms with E-state index >= 15 is 0 Å². The van der Waals surface area contributed by atoms with Crippen LogP contribution in [0.15, 0.2) is 35.9 Å². The third-order valence-corrected chi connectivity index (χ3v) is 2.45. The molecule has 0 bridgehead atoms. The molecule has 2 nitrogen and oxygen atoms in total. The fraction of sp³-hybridized carbons (Fsp3) is 0.308. The van der Waals surface area contributed by atoms with Gasteiger partial charge in [-0.15, -0.1) is 0 Å². The van der Waals surface area contributed by atoms with Crippen molar-refractivity contribution in [2.75, 3.05) is 0 Å². The molecule has 1 aromatic rings. The molecular weight excluding hydrogens is 188 g/mol. The van der Waals surface area contributed by atoms with E-state index < -0.39 is 5.97 Å². The highest BCUT2D eigenvalue weighted by molar-refractivity contribution is 5.75. The second kappa shape index (κ2) is 5.35. The molecule has 1 unspecified atom stereocenters. The minimum Gasteiger partial charge on any atom is -0.481 e. The molecule has 0 aliphatic heterocycles. The van der Waals surface area contributed by atoms with Crippen molar-refractivity contribution in [3.63, 3.8) is 0 Å². The molecule has 1 rings (SSSR count). The molecule has 0 spiro atoms. The normalized spacial score (nSPS) is 13.6. The van der Waals surface area contributed by atoms with E-state index in [4.69, 9.17) is 5.11 Å². The summed E-state index contributed by atoms with van der Waals surface area (Å²) in [6, 6.07) is 9.78. The third kappa shape index (κ3) is 3.24. The molecule has 1 N–H and O–H groups in total. The molecule has 0 aliphatic carbocycles. The van der Waals surface area contributed by atoms with Crippen LogP contribution in [-0.2, 0) is 4.79 Å². The Balaban J connectivity index is 2.88. The number of rotatable bonds is 4. The van der Waals surface area contributed by atoms with Gasteiger partial charge in [0.1, 0.15) is 0 Å². The Kier molecular flexibility index (Phi) is 4.10. The lowest BCUT2D eigenvalue weighted by molar-refractivity contribution is -0.140. The highest BCUT2D eigenvalue weighted by Crippen LogP contribution is 2.18. The van der Waals surface area contributed by atoms with Gasteiger partial charge < -0.3 is 5.11 Å². The molecule has 2 heteroatoms. The highest BCUT2D eigenvalue weighted by atomic mass is 16.4. The van der Waals surface area contributed by atoms with Crippen molar-refractivity contribution in [1.82, 2.24) is 0 Å². The first kappa shape index (κ1) is 11.5. The summed E-state index contributed by atoms with van der Waals surface area (Å²) in [5.41, 5.74) is 1.95. The number of aliphatic carboxylic acids is 1. The average molecular weight is 204 g/mol. The quantitative estimate of drug-likeness (QED) is 0.817. The first-order valence-corrected chi connectivity index (χ1v) is 5.11. The molecule has 0 aromatic heterocycles. The third-order valence-electron chi connectivity index (χ3n) is 2.45. The fourth-order valence-electron chi connectivity index (χ4n) is 1.60. The summed E-state index contributed by atoms with van der Waals surface area (Å²) in [5.74, 6) is -1.12. The van der Waals surface area contributed by atoms with E-state index in [1.165, 1.54) is 0 Å². The number of carbonyl (C=O) groups is 1. The van der Waals surface area contributed by atoms with E-state index in [0.29, 0.717) is 6.42 Å². The zero-order chi connectivity index (χ0) is 11.3. The summed E-state index contributed by atoms with van der Waals surface area (Å²) < 4.78 is 0. The Bertz CT molecular complexity index is 352. The summed E-state index contributed by atoms with van der Waals surface area (Å²) in [5, 5.41) is 8.98. The van der Waals surface area contributed by atoms with Crippen LogP contribution in [0.2, 0.25) is 0 Å². The number of carboxylic acids is 1. The zero-order valence-electron chi connectivity index (χ0n) is 9.10. The van der Waals surface area contributed by atoms with Crippen LogP contribution in [0.25, 0.3) is 6.08 Å². The van der Waals surface area contributed by atoms with E-state index in [1.807, 2.05) is 50.3 Å². The zero-order valence-corrected chi connectivity index (χ0v) is 9.10. The van der Waals surface area contributed by atoms with Gasteiger partial charge in [-0.2, -0.15) is 0 Å². The molecule has 0 saturated carbocycles. The van der Waals surface area contributed by atoms with Gasteiger partial charge in [0.2, 0.25) is 0 Å². The number of benzene rings is 1. The van der Waals surface area contributed by atoms with Crippen molar-refractivity contribution >= 4 is 12.0 Å². The van der Waals surface area contributed by atoms with E-state index in [0.717, 1.165) is 11.1 Å². The van der Waals surface area contributed by atoms with Gasteiger partial charge in [-0.3, -0.25) is 4.79 Å². The summed E-state index contributed by atoms with van der Waals surface area (Å²) in [6.07, 6.45) is 2.56. The maximum absolute atomic E-state index is 10.9. The van der Waals surface area contributed by atoms with Gasteiger partial charge in [0.15, 0.2) is 0 Å².